The molecule has 0 aliphatic rings. The van der Waals surface area contributed by atoms with Crippen molar-refractivity contribution >= 4 is 41.1 Å². The predicted molar refractivity (Wildman–Crippen MR) is 132 cm³/mol. The largest absolute Gasteiger partial charge is 0.384 e. The minimum Gasteiger partial charge on any atom is -0.384 e. The number of hydrogen-bond acceptors (Lipinski definition) is 2. The van der Waals surface area contributed by atoms with E-state index in [-0.39, 0.29) is 18.2 Å². The highest BCUT2D eigenvalue weighted by Crippen LogP contribution is 2.30. The topological polar surface area (TPSA) is 65.5 Å². The number of amidine groups is 2. The number of hydrogen-bond donors (Lipinski definition) is 2. The van der Waals surface area contributed by atoms with Gasteiger partial charge in [0.2, 0.25) is 0 Å². The van der Waals surface area contributed by atoms with Crippen LogP contribution in [0.25, 0.3) is 0 Å². The van der Waals surface area contributed by atoms with Crippen LogP contribution in [0, 0.1) is 5.41 Å². The highest BCUT2D eigenvalue weighted by atomic mass is 35.5. The number of aliphatic imine (C=N–C) groups is 1. The Morgan fingerprint density at radius 1 is 0.613 bits per heavy atom. The second-order valence-electron chi connectivity index (χ2n) is 6.74. The van der Waals surface area contributed by atoms with E-state index >= 15 is 0 Å². The molecule has 0 bridgehead atoms. The maximum Gasteiger partial charge on any atom is 0.146 e. The van der Waals surface area contributed by atoms with Crippen LogP contribution >= 0.6 is 12.4 Å². The molecule has 4 aromatic rings. The molecule has 0 atom stereocenters. The smallest absolute Gasteiger partial charge is 0.146 e. The predicted octanol–water partition coefficient (Wildman–Crippen LogP) is 6.31. The van der Waals surface area contributed by atoms with Gasteiger partial charge in [0, 0.05) is 22.5 Å². The summed E-state index contributed by atoms with van der Waals surface area (Å²) in [7, 11) is 0. The van der Waals surface area contributed by atoms with Gasteiger partial charge in [-0.2, -0.15) is 0 Å². The monoisotopic (exact) mass is 426 g/mol. The minimum absolute atomic E-state index is 0. The number of para-hydroxylation sites is 3. The Morgan fingerprint density at radius 3 is 1.52 bits per heavy atom. The minimum atomic E-state index is 0. The quantitative estimate of drug-likeness (QED) is 0.290. The molecule has 3 N–H and O–H groups in total. The van der Waals surface area contributed by atoms with Crippen molar-refractivity contribution in [1.29, 1.82) is 5.41 Å². The molecule has 0 unspecified atom stereocenters. The van der Waals surface area contributed by atoms with Gasteiger partial charge in [0.15, 0.2) is 0 Å². The summed E-state index contributed by atoms with van der Waals surface area (Å²) in [4.78, 5) is 7.11. The van der Waals surface area contributed by atoms with E-state index < -0.39 is 0 Å². The van der Waals surface area contributed by atoms with Crippen LogP contribution in [-0.2, 0) is 0 Å². The van der Waals surface area contributed by atoms with Crippen LogP contribution in [0.15, 0.2) is 120 Å². The third-order valence-electron chi connectivity index (χ3n) is 4.69. The number of nitrogens with two attached hydrogens (primary N) is 1. The van der Waals surface area contributed by atoms with E-state index in [9.17, 15) is 0 Å². The highest BCUT2D eigenvalue weighted by Gasteiger charge is 2.21. The third-order valence-corrected chi connectivity index (χ3v) is 4.69. The summed E-state index contributed by atoms with van der Waals surface area (Å²) in [5.41, 5.74) is 10.1. The van der Waals surface area contributed by atoms with E-state index in [1.165, 1.54) is 0 Å². The normalized spacial score (nSPS) is 10.8. The molecule has 31 heavy (non-hydrogen) atoms. The van der Waals surface area contributed by atoms with Gasteiger partial charge < -0.3 is 5.73 Å². The third kappa shape index (κ3) is 5.00. The van der Waals surface area contributed by atoms with Crippen LogP contribution in [0.1, 0.15) is 11.1 Å². The molecule has 0 fully saturated rings. The summed E-state index contributed by atoms with van der Waals surface area (Å²) in [6.45, 7) is 0. The Bertz CT molecular complexity index is 1120. The zero-order chi connectivity index (χ0) is 20.8. The van der Waals surface area contributed by atoms with Crippen molar-refractivity contribution in [2.45, 2.75) is 0 Å². The molecule has 0 saturated heterocycles. The average molecular weight is 427 g/mol. The maximum atomic E-state index is 8.10. The van der Waals surface area contributed by atoms with Crippen molar-refractivity contribution in [3.05, 3.63) is 126 Å². The SMILES string of the molecule is Cl.N=C(N)c1ccccc1C(=Nc1ccccc1)N(c1ccccc1)c1ccccc1. The molecular formula is C26H23ClN4. The first-order valence-corrected chi connectivity index (χ1v) is 9.72. The van der Waals surface area contributed by atoms with Gasteiger partial charge in [-0.1, -0.05) is 78.9 Å². The van der Waals surface area contributed by atoms with Gasteiger partial charge >= 0.3 is 0 Å². The van der Waals surface area contributed by atoms with E-state index in [1.54, 1.807) is 0 Å². The van der Waals surface area contributed by atoms with Crippen molar-refractivity contribution in [3.63, 3.8) is 0 Å². The van der Waals surface area contributed by atoms with Crippen molar-refractivity contribution in [1.82, 2.24) is 0 Å². The lowest BCUT2D eigenvalue weighted by atomic mass is 10.0. The van der Waals surface area contributed by atoms with Crippen LogP contribution in [0.4, 0.5) is 17.1 Å². The fourth-order valence-electron chi connectivity index (χ4n) is 3.32. The van der Waals surface area contributed by atoms with Gasteiger partial charge in [-0.25, -0.2) is 4.99 Å². The lowest BCUT2D eigenvalue weighted by Gasteiger charge is -2.28. The number of nitrogens with one attached hydrogen (secondary N) is 1. The number of rotatable bonds is 5. The van der Waals surface area contributed by atoms with E-state index in [2.05, 4.69) is 4.90 Å². The van der Waals surface area contributed by atoms with Gasteiger partial charge in [0.05, 0.1) is 5.69 Å². The van der Waals surface area contributed by atoms with E-state index in [0.29, 0.717) is 11.4 Å². The Kier molecular flexibility index (Phi) is 7.20. The molecule has 0 amide bonds. The molecule has 154 valence electrons. The van der Waals surface area contributed by atoms with Gasteiger partial charge in [0.1, 0.15) is 11.7 Å². The summed E-state index contributed by atoms with van der Waals surface area (Å²) in [5.74, 6) is 0.705. The molecule has 0 spiro atoms. The molecule has 4 rings (SSSR count). The molecule has 4 nitrogen and oxygen atoms in total. The number of nitrogen functional groups attached to an aromatic ring is 1. The molecule has 0 aromatic heterocycles. The molecule has 0 heterocycles. The lowest BCUT2D eigenvalue weighted by Crippen LogP contribution is -2.29. The Labute approximate surface area is 188 Å². The molecule has 0 radical (unpaired) electrons. The second kappa shape index (κ2) is 10.2. The summed E-state index contributed by atoms with van der Waals surface area (Å²) in [6, 6.07) is 37.6. The van der Waals surface area contributed by atoms with Crippen LogP contribution in [0.2, 0.25) is 0 Å². The first-order valence-electron chi connectivity index (χ1n) is 9.72. The summed E-state index contributed by atoms with van der Waals surface area (Å²) in [6.07, 6.45) is 0. The Hall–Kier alpha value is -3.89. The number of anilines is 2. The standard InChI is InChI=1S/C26H22N4.ClH/c27-25(28)23-18-10-11-19-24(23)26(29-20-12-4-1-5-13-20)30(21-14-6-2-7-15-21)22-16-8-3-9-17-22;/h1-19H,(H3,27,28);1H. The fraction of sp³-hybridized carbons (Fsp3) is 0. The molecular weight excluding hydrogens is 404 g/mol. The maximum absolute atomic E-state index is 8.10. The highest BCUT2D eigenvalue weighted by molar-refractivity contribution is 6.19. The van der Waals surface area contributed by atoms with Gasteiger partial charge in [0.25, 0.3) is 0 Å². The van der Waals surface area contributed by atoms with Crippen LogP contribution in [0.5, 0.6) is 0 Å². The number of halogens is 1. The second-order valence-corrected chi connectivity index (χ2v) is 6.74. The average Bonchev–Trinajstić information content (AvgIpc) is 2.81. The Balaban J connectivity index is 0.00000272. The van der Waals surface area contributed by atoms with Crippen molar-refractivity contribution < 1.29 is 0 Å². The first-order chi connectivity index (χ1) is 14.7. The first kappa shape index (κ1) is 21.8. The zero-order valence-corrected chi connectivity index (χ0v) is 17.7. The summed E-state index contributed by atoms with van der Waals surface area (Å²) >= 11 is 0. The zero-order valence-electron chi connectivity index (χ0n) is 16.8. The fourth-order valence-corrected chi connectivity index (χ4v) is 3.32. The van der Waals surface area contributed by atoms with E-state index in [0.717, 1.165) is 22.6 Å². The number of benzene rings is 4. The van der Waals surface area contributed by atoms with E-state index in [1.807, 2.05) is 115 Å². The van der Waals surface area contributed by atoms with Crippen LogP contribution in [0.3, 0.4) is 0 Å². The van der Waals surface area contributed by atoms with Gasteiger partial charge in [-0.3, -0.25) is 10.3 Å². The molecule has 0 aliphatic carbocycles. The molecule has 0 saturated carbocycles. The van der Waals surface area contributed by atoms with Crippen molar-refractivity contribution in [3.8, 4) is 0 Å². The van der Waals surface area contributed by atoms with Crippen LogP contribution in [-0.4, -0.2) is 11.7 Å². The van der Waals surface area contributed by atoms with Crippen molar-refractivity contribution in [2.75, 3.05) is 4.90 Å². The van der Waals surface area contributed by atoms with Gasteiger partial charge in [-0.15, -0.1) is 12.4 Å². The lowest BCUT2D eigenvalue weighted by molar-refractivity contribution is 1.30. The molecule has 5 heteroatoms. The summed E-state index contributed by atoms with van der Waals surface area (Å²) < 4.78 is 0. The van der Waals surface area contributed by atoms with Crippen LogP contribution < -0.4 is 10.6 Å². The van der Waals surface area contributed by atoms with Gasteiger partial charge in [-0.05, 0) is 36.4 Å². The van der Waals surface area contributed by atoms with Crippen molar-refractivity contribution in [2.24, 2.45) is 10.7 Å². The number of nitrogens with zero attached hydrogens (tertiary/aromatic N) is 2. The molecule has 4 aromatic carbocycles. The van der Waals surface area contributed by atoms with E-state index in [4.69, 9.17) is 16.1 Å². The summed E-state index contributed by atoms with van der Waals surface area (Å²) in [5, 5.41) is 8.10. The molecule has 0 aliphatic heterocycles. The Morgan fingerprint density at radius 2 is 1.03 bits per heavy atom.